The number of ketones is 2. The lowest BCUT2D eigenvalue weighted by Crippen LogP contribution is -2.52. The van der Waals surface area contributed by atoms with E-state index in [0.29, 0.717) is 5.00 Å². The van der Waals surface area contributed by atoms with Crippen LogP contribution in [0.3, 0.4) is 0 Å². The highest BCUT2D eigenvalue weighted by Gasteiger charge is 2.48. The second-order valence-corrected chi connectivity index (χ2v) is 12.1. The van der Waals surface area contributed by atoms with Gasteiger partial charge >= 0.3 is 6.09 Å². The van der Waals surface area contributed by atoms with E-state index in [1.165, 1.54) is 23.5 Å². The first-order valence-corrected chi connectivity index (χ1v) is 14.6. The fourth-order valence-electron chi connectivity index (χ4n) is 6.03. The predicted octanol–water partition coefficient (Wildman–Crippen LogP) is 2.74. The minimum absolute atomic E-state index is 0.000407. The average Bonchev–Trinajstić information content (AvgIpc) is 3.48. The van der Waals surface area contributed by atoms with Crippen molar-refractivity contribution in [2.24, 2.45) is 5.73 Å². The van der Waals surface area contributed by atoms with E-state index in [1.54, 1.807) is 36.6 Å². The number of thiophene rings is 1. The molecule has 12 nitrogen and oxygen atoms in total. The predicted molar refractivity (Wildman–Crippen MR) is 152 cm³/mol. The Balaban J connectivity index is 1.39. The molecule has 3 aromatic rings. The zero-order chi connectivity index (χ0) is 30.6. The highest BCUT2D eigenvalue weighted by molar-refractivity contribution is 7.14. The molecule has 1 amide bonds. The van der Waals surface area contributed by atoms with Gasteiger partial charge in [-0.3, -0.25) is 14.9 Å². The Morgan fingerprint density at radius 3 is 2.42 bits per heavy atom. The molecule has 7 N–H and O–H groups in total. The Bertz CT molecular complexity index is 1600. The molecule has 2 aromatic carbocycles. The normalized spacial score (nSPS) is 28.0. The topological polar surface area (TPSA) is 198 Å². The van der Waals surface area contributed by atoms with Crippen molar-refractivity contribution in [1.82, 2.24) is 0 Å². The number of nitrogens with two attached hydrogens (primary N) is 1. The molecule has 1 saturated heterocycles. The lowest BCUT2D eigenvalue weighted by molar-refractivity contribution is -0.248. The van der Waals surface area contributed by atoms with Gasteiger partial charge in [-0.2, -0.15) is 0 Å². The molecule has 6 rings (SSSR count). The van der Waals surface area contributed by atoms with Crippen molar-refractivity contribution in [2.45, 2.75) is 62.4 Å². The lowest BCUT2D eigenvalue weighted by atomic mass is 9.73. The first-order chi connectivity index (χ1) is 20.5. The summed E-state index contributed by atoms with van der Waals surface area (Å²) in [7, 11) is 0. The lowest BCUT2D eigenvalue weighted by Gasteiger charge is -2.42. The number of aliphatic hydroxyl groups is 2. The maximum atomic E-state index is 13.5. The maximum absolute atomic E-state index is 13.5. The Hall–Kier alpha value is -3.85. The van der Waals surface area contributed by atoms with Crippen molar-refractivity contribution in [3.05, 3.63) is 75.2 Å². The number of hydrogen-bond donors (Lipinski definition) is 6. The van der Waals surface area contributed by atoms with Gasteiger partial charge in [0.05, 0.1) is 34.4 Å². The molecule has 43 heavy (non-hydrogen) atoms. The number of rotatable bonds is 5. The fraction of sp³-hybridized carbons (Fsp3) is 0.367. The van der Waals surface area contributed by atoms with Gasteiger partial charge in [-0.25, -0.2) is 4.79 Å². The Labute approximate surface area is 249 Å². The van der Waals surface area contributed by atoms with Crippen molar-refractivity contribution >= 4 is 34.0 Å². The number of phenolic OH excluding ortho intramolecular Hbond substituents is 2. The van der Waals surface area contributed by atoms with E-state index in [1.807, 2.05) is 0 Å². The minimum atomic E-state index is -1.83. The number of hydrogen-bond acceptors (Lipinski definition) is 12. The van der Waals surface area contributed by atoms with Crippen LogP contribution in [0.2, 0.25) is 0 Å². The number of carbonyl (C=O) groups is 3. The first kappa shape index (κ1) is 29.2. The van der Waals surface area contributed by atoms with Gasteiger partial charge in [-0.15, -0.1) is 11.3 Å². The van der Waals surface area contributed by atoms with Crippen LogP contribution in [-0.4, -0.2) is 74.8 Å². The van der Waals surface area contributed by atoms with Crippen LogP contribution >= 0.6 is 11.3 Å². The molecule has 1 aromatic heterocycles. The fourth-order valence-corrected chi connectivity index (χ4v) is 6.63. The summed E-state index contributed by atoms with van der Waals surface area (Å²) in [6, 6.07) is 8.81. The molecule has 0 unspecified atom stereocenters. The van der Waals surface area contributed by atoms with E-state index < -0.39 is 72.0 Å². The van der Waals surface area contributed by atoms with E-state index in [9.17, 15) is 34.8 Å². The van der Waals surface area contributed by atoms with Gasteiger partial charge in [0.2, 0.25) is 0 Å². The largest absolute Gasteiger partial charge is 0.507 e. The summed E-state index contributed by atoms with van der Waals surface area (Å²) in [6.45, 7) is 1.09. The molecule has 0 bridgehead atoms. The molecule has 2 heterocycles. The molecule has 1 fully saturated rings. The molecule has 0 radical (unpaired) electrons. The van der Waals surface area contributed by atoms with Crippen LogP contribution in [0.4, 0.5) is 9.80 Å². The number of nitrogens with one attached hydrogen (secondary N) is 1. The second-order valence-electron chi connectivity index (χ2n) is 11.1. The highest BCUT2D eigenvalue weighted by atomic mass is 32.1. The number of carbonyl (C=O) groups excluding carboxylic acids is 3. The number of aliphatic hydroxyl groups excluding tert-OH is 1. The molecule has 2 aliphatic carbocycles. The van der Waals surface area contributed by atoms with Gasteiger partial charge in [0.1, 0.15) is 23.7 Å². The third kappa shape index (κ3) is 5.18. The highest BCUT2D eigenvalue weighted by Crippen LogP contribution is 2.52. The number of aromatic hydroxyl groups is 2. The zero-order valence-corrected chi connectivity index (χ0v) is 23.8. The van der Waals surface area contributed by atoms with Gasteiger partial charge < -0.3 is 40.4 Å². The summed E-state index contributed by atoms with van der Waals surface area (Å²) in [4.78, 5) is 39.5. The maximum Gasteiger partial charge on any atom is 0.412 e. The van der Waals surface area contributed by atoms with E-state index in [4.69, 9.17) is 19.9 Å². The second kappa shape index (κ2) is 11.0. The van der Waals surface area contributed by atoms with Gasteiger partial charge in [0.25, 0.3) is 0 Å². The molecule has 0 spiro atoms. The Morgan fingerprint density at radius 2 is 1.79 bits per heavy atom. The van der Waals surface area contributed by atoms with Crippen LogP contribution in [-0.2, 0) is 20.6 Å². The molecule has 1 aliphatic heterocycles. The Morgan fingerprint density at radius 1 is 1.12 bits per heavy atom. The van der Waals surface area contributed by atoms with E-state index in [2.05, 4.69) is 5.32 Å². The number of anilines is 1. The number of ether oxygens (including phenoxy) is 3. The van der Waals surface area contributed by atoms with Gasteiger partial charge in [0, 0.05) is 47.6 Å². The number of phenols is 2. The molecular weight excluding hydrogens is 580 g/mol. The summed E-state index contributed by atoms with van der Waals surface area (Å²) in [5, 5.41) is 49.8. The summed E-state index contributed by atoms with van der Waals surface area (Å²) < 4.78 is 17.3. The summed E-state index contributed by atoms with van der Waals surface area (Å²) in [6.07, 6.45) is -5.18. The Kier molecular flexibility index (Phi) is 7.49. The number of benzene rings is 2. The monoisotopic (exact) mass is 610 g/mol. The smallest absolute Gasteiger partial charge is 0.412 e. The van der Waals surface area contributed by atoms with Crippen LogP contribution in [0.25, 0.3) is 0 Å². The van der Waals surface area contributed by atoms with Crippen molar-refractivity contribution in [3.8, 4) is 11.5 Å². The van der Waals surface area contributed by atoms with Gasteiger partial charge in [-0.1, -0.05) is 24.3 Å². The SMILES string of the molecule is C[C@@H]1O[C@@H](O[C@H]2C[C@](O)(COC(=O)Nc3cccs3)Cc3c(O)c4c(c(O)c32)C(=O)c2ccccc2C4=O)C[C@H](N)[C@H]1O. The molecule has 6 atom stereocenters. The van der Waals surface area contributed by atoms with Crippen molar-refractivity contribution in [2.75, 3.05) is 11.9 Å². The van der Waals surface area contributed by atoms with Crippen LogP contribution < -0.4 is 11.1 Å². The quantitative estimate of drug-likeness (QED) is 0.182. The first-order valence-electron chi connectivity index (χ1n) is 13.7. The summed E-state index contributed by atoms with van der Waals surface area (Å²) in [5.74, 6) is -2.47. The molecular formula is C30H30N2O10S. The molecule has 0 saturated carbocycles. The molecule has 226 valence electrons. The standard InChI is InChI=1S/C30H30N2O10S/c1-13-24(33)17(31)9-20(41-13)42-18-11-30(39,12-40-29(38)32-19-7-4-8-43-19)10-16-21(18)28(37)23-22(27(16)36)25(34)14-5-2-3-6-15(14)26(23)35/h2-8,13,17-18,20,24,33,36-37,39H,9-12,31H2,1H3,(H,32,38)/t13-,17-,18-,20-,24-,30-/m0/s1. The van der Waals surface area contributed by atoms with Gasteiger partial charge in [0.15, 0.2) is 17.9 Å². The van der Waals surface area contributed by atoms with Crippen LogP contribution in [0.15, 0.2) is 41.8 Å². The van der Waals surface area contributed by atoms with Gasteiger partial charge in [-0.05, 0) is 24.4 Å². The van der Waals surface area contributed by atoms with E-state index in [0.717, 1.165) is 0 Å². The minimum Gasteiger partial charge on any atom is -0.507 e. The van der Waals surface area contributed by atoms with Crippen molar-refractivity contribution in [3.63, 3.8) is 0 Å². The third-order valence-corrected chi connectivity index (χ3v) is 8.92. The zero-order valence-electron chi connectivity index (χ0n) is 23.0. The van der Waals surface area contributed by atoms with Crippen LogP contribution in [0.5, 0.6) is 11.5 Å². The van der Waals surface area contributed by atoms with Crippen molar-refractivity contribution in [1.29, 1.82) is 0 Å². The van der Waals surface area contributed by atoms with E-state index in [-0.39, 0.29) is 52.6 Å². The van der Waals surface area contributed by atoms with Crippen LogP contribution in [0.1, 0.15) is 68.8 Å². The number of fused-ring (bicyclic) bond motifs is 3. The van der Waals surface area contributed by atoms with Crippen molar-refractivity contribution < 1.29 is 49.0 Å². The number of amides is 1. The molecule has 13 heteroatoms. The van der Waals surface area contributed by atoms with E-state index >= 15 is 0 Å². The summed E-state index contributed by atoms with van der Waals surface area (Å²) >= 11 is 1.28. The third-order valence-electron chi connectivity index (χ3n) is 8.14. The average molecular weight is 611 g/mol. The van der Waals surface area contributed by atoms with Crippen LogP contribution in [0, 0.1) is 0 Å². The molecule has 3 aliphatic rings. The summed E-state index contributed by atoms with van der Waals surface area (Å²) in [5.41, 5.74) is 3.61.